The topological polar surface area (TPSA) is 12.0 Å². The molecule has 1 heterocycles. The first-order valence-electron chi connectivity index (χ1n) is 5.27. The summed E-state index contributed by atoms with van der Waals surface area (Å²) in [7, 11) is 0. The fraction of sp³-hybridized carbons (Fsp3) is 0.500. The van der Waals surface area contributed by atoms with Gasteiger partial charge in [-0.2, -0.15) is 0 Å². The predicted molar refractivity (Wildman–Crippen MR) is 60.8 cm³/mol. The van der Waals surface area contributed by atoms with Crippen LogP contribution in [0.25, 0.3) is 0 Å². The smallest absolute Gasteiger partial charge is 0.0408 e. The maximum Gasteiger partial charge on any atom is 0.0408 e. The van der Waals surface area contributed by atoms with Gasteiger partial charge in [0.25, 0.3) is 0 Å². The van der Waals surface area contributed by atoms with E-state index >= 15 is 0 Å². The average molecular weight is 210 g/mol. The molecule has 1 aliphatic rings. The number of nitrogens with one attached hydrogen (secondary N) is 1. The maximum atomic E-state index is 5.94. The standard InChI is InChI=1S/C12H16ClN/c1-9-8-10(13)5-6-11(9)12-4-2-3-7-14-12/h5-6,8,12,14H,2-4,7H2,1H3/t12-/m0/s1. The van der Waals surface area contributed by atoms with Gasteiger partial charge in [-0.15, -0.1) is 0 Å². The van der Waals surface area contributed by atoms with Crippen molar-refractivity contribution in [1.29, 1.82) is 0 Å². The van der Waals surface area contributed by atoms with Crippen molar-refractivity contribution in [1.82, 2.24) is 5.32 Å². The molecule has 2 rings (SSSR count). The lowest BCUT2D eigenvalue weighted by Gasteiger charge is -2.25. The molecule has 1 aromatic rings. The van der Waals surface area contributed by atoms with Crippen LogP contribution in [0.15, 0.2) is 18.2 Å². The van der Waals surface area contributed by atoms with Crippen LogP contribution < -0.4 is 5.32 Å². The zero-order valence-electron chi connectivity index (χ0n) is 8.52. The third-order valence-electron chi connectivity index (χ3n) is 2.92. The monoisotopic (exact) mass is 209 g/mol. The fourth-order valence-electron chi connectivity index (χ4n) is 2.15. The zero-order chi connectivity index (χ0) is 9.97. The number of piperidine rings is 1. The van der Waals surface area contributed by atoms with E-state index in [2.05, 4.69) is 18.3 Å². The molecule has 0 unspecified atom stereocenters. The molecular weight excluding hydrogens is 194 g/mol. The Morgan fingerprint density at radius 2 is 2.21 bits per heavy atom. The average Bonchev–Trinajstić information content (AvgIpc) is 2.19. The van der Waals surface area contributed by atoms with E-state index in [9.17, 15) is 0 Å². The van der Waals surface area contributed by atoms with Crippen LogP contribution >= 0.6 is 11.6 Å². The van der Waals surface area contributed by atoms with Crippen molar-refractivity contribution in [2.75, 3.05) is 6.54 Å². The summed E-state index contributed by atoms with van der Waals surface area (Å²) in [5.74, 6) is 0. The molecular formula is C12H16ClN. The van der Waals surface area contributed by atoms with Crippen LogP contribution in [0.1, 0.15) is 36.4 Å². The molecule has 0 aromatic heterocycles. The molecule has 0 amide bonds. The van der Waals surface area contributed by atoms with Crippen molar-refractivity contribution in [2.45, 2.75) is 32.2 Å². The van der Waals surface area contributed by atoms with Gasteiger partial charge < -0.3 is 5.32 Å². The molecule has 14 heavy (non-hydrogen) atoms. The van der Waals surface area contributed by atoms with Crippen LogP contribution in [0.4, 0.5) is 0 Å². The van der Waals surface area contributed by atoms with Gasteiger partial charge in [0.2, 0.25) is 0 Å². The summed E-state index contributed by atoms with van der Waals surface area (Å²) in [5.41, 5.74) is 2.71. The molecule has 0 aliphatic carbocycles. The van der Waals surface area contributed by atoms with E-state index in [0.29, 0.717) is 6.04 Å². The second-order valence-corrected chi connectivity index (χ2v) is 4.44. The predicted octanol–water partition coefficient (Wildman–Crippen LogP) is 3.46. The van der Waals surface area contributed by atoms with Gasteiger partial charge in [-0.3, -0.25) is 0 Å². The quantitative estimate of drug-likeness (QED) is 0.747. The first-order valence-corrected chi connectivity index (χ1v) is 5.64. The SMILES string of the molecule is Cc1cc(Cl)ccc1[C@@H]1CCCCN1. The summed E-state index contributed by atoms with van der Waals surface area (Å²) in [4.78, 5) is 0. The Bertz CT molecular complexity index is 316. The number of hydrogen-bond acceptors (Lipinski definition) is 1. The Morgan fingerprint density at radius 3 is 2.86 bits per heavy atom. The summed E-state index contributed by atoms with van der Waals surface area (Å²) in [5, 5.41) is 4.39. The van der Waals surface area contributed by atoms with Crippen LogP contribution in [0.5, 0.6) is 0 Å². The minimum Gasteiger partial charge on any atom is -0.310 e. The molecule has 0 spiro atoms. The molecule has 1 N–H and O–H groups in total. The van der Waals surface area contributed by atoms with E-state index in [0.717, 1.165) is 11.6 Å². The lowest BCUT2D eigenvalue weighted by atomic mass is 9.94. The van der Waals surface area contributed by atoms with Gasteiger partial charge in [-0.05, 0) is 49.6 Å². The Morgan fingerprint density at radius 1 is 1.36 bits per heavy atom. The third-order valence-corrected chi connectivity index (χ3v) is 3.15. The molecule has 1 aliphatic heterocycles. The second kappa shape index (κ2) is 4.33. The van der Waals surface area contributed by atoms with Crippen LogP contribution in [0.2, 0.25) is 5.02 Å². The van der Waals surface area contributed by atoms with E-state index in [1.807, 2.05) is 12.1 Å². The molecule has 1 nitrogen and oxygen atoms in total. The van der Waals surface area contributed by atoms with Gasteiger partial charge in [0, 0.05) is 11.1 Å². The third kappa shape index (κ3) is 2.10. The fourth-order valence-corrected chi connectivity index (χ4v) is 2.37. The van der Waals surface area contributed by atoms with Gasteiger partial charge in [0.05, 0.1) is 0 Å². The molecule has 1 atom stereocenters. The van der Waals surface area contributed by atoms with Gasteiger partial charge in [-0.1, -0.05) is 24.1 Å². The van der Waals surface area contributed by atoms with Crippen LogP contribution in [-0.2, 0) is 0 Å². The molecule has 0 radical (unpaired) electrons. The number of benzene rings is 1. The molecule has 76 valence electrons. The highest BCUT2D eigenvalue weighted by Crippen LogP contribution is 2.27. The van der Waals surface area contributed by atoms with Crippen LogP contribution in [0.3, 0.4) is 0 Å². The van der Waals surface area contributed by atoms with Crippen molar-refractivity contribution < 1.29 is 0 Å². The zero-order valence-corrected chi connectivity index (χ0v) is 9.27. The molecule has 1 fully saturated rings. The van der Waals surface area contributed by atoms with Crippen LogP contribution in [-0.4, -0.2) is 6.54 Å². The molecule has 0 bridgehead atoms. The van der Waals surface area contributed by atoms with Crippen molar-refractivity contribution in [3.8, 4) is 0 Å². The molecule has 2 heteroatoms. The maximum absolute atomic E-state index is 5.94. The van der Waals surface area contributed by atoms with Gasteiger partial charge in [0.1, 0.15) is 0 Å². The van der Waals surface area contributed by atoms with E-state index in [-0.39, 0.29) is 0 Å². The van der Waals surface area contributed by atoms with E-state index in [4.69, 9.17) is 11.6 Å². The van der Waals surface area contributed by atoms with Gasteiger partial charge in [0.15, 0.2) is 0 Å². The van der Waals surface area contributed by atoms with Gasteiger partial charge >= 0.3 is 0 Å². The molecule has 1 aromatic carbocycles. The number of aryl methyl sites for hydroxylation is 1. The summed E-state index contributed by atoms with van der Waals surface area (Å²) in [6.45, 7) is 3.28. The Kier molecular flexibility index (Phi) is 3.09. The first kappa shape index (κ1) is 10.0. The van der Waals surface area contributed by atoms with Crippen molar-refractivity contribution >= 4 is 11.6 Å². The molecule has 0 saturated carbocycles. The summed E-state index contributed by atoms with van der Waals surface area (Å²) < 4.78 is 0. The minimum absolute atomic E-state index is 0.543. The minimum atomic E-state index is 0.543. The first-order chi connectivity index (χ1) is 6.77. The molecule has 1 saturated heterocycles. The Balaban J connectivity index is 2.22. The summed E-state index contributed by atoms with van der Waals surface area (Å²) in [6.07, 6.45) is 3.89. The number of hydrogen-bond donors (Lipinski definition) is 1. The van der Waals surface area contributed by atoms with Crippen molar-refractivity contribution in [3.63, 3.8) is 0 Å². The normalized spacial score (nSPS) is 22.3. The largest absolute Gasteiger partial charge is 0.310 e. The summed E-state index contributed by atoms with van der Waals surface area (Å²) in [6, 6.07) is 6.73. The number of halogens is 1. The summed E-state index contributed by atoms with van der Waals surface area (Å²) >= 11 is 5.94. The highest BCUT2D eigenvalue weighted by Gasteiger charge is 2.15. The second-order valence-electron chi connectivity index (χ2n) is 4.00. The Hall–Kier alpha value is -0.530. The van der Waals surface area contributed by atoms with Crippen molar-refractivity contribution in [2.24, 2.45) is 0 Å². The number of rotatable bonds is 1. The highest BCUT2D eigenvalue weighted by molar-refractivity contribution is 6.30. The highest BCUT2D eigenvalue weighted by atomic mass is 35.5. The van der Waals surface area contributed by atoms with E-state index < -0.39 is 0 Å². The van der Waals surface area contributed by atoms with Crippen molar-refractivity contribution in [3.05, 3.63) is 34.3 Å². The lowest BCUT2D eigenvalue weighted by molar-refractivity contribution is 0.411. The Labute approximate surface area is 90.5 Å². The van der Waals surface area contributed by atoms with E-state index in [1.165, 1.54) is 30.4 Å². The van der Waals surface area contributed by atoms with E-state index in [1.54, 1.807) is 0 Å². The van der Waals surface area contributed by atoms with Gasteiger partial charge in [-0.25, -0.2) is 0 Å². The lowest BCUT2D eigenvalue weighted by Crippen LogP contribution is -2.27. The van der Waals surface area contributed by atoms with Crippen LogP contribution in [0, 0.1) is 6.92 Å².